The zero-order valence-corrected chi connectivity index (χ0v) is 16.7. The Morgan fingerprint density at radius 1 is 1.06 bits per heavy atom. The molecule has 2 N–H and O–H groups in total. The van der Waals surface area contributed by atoms with Crippen molar-refractivity contribution in [2.75, 3.05) is 5.32 Å². The van der Waals surface area contributed by atoms with E-state index in [4.69, 9.17) is 4.74 Å². The van der Waals surface area contributed by atoms with Gasteiger partial charge >= 0.3 is 0 Å². The Hall–Kier alpha value is -4.21. The molecule has 1 aliphatic carbocycles. The Morgan fingerprint density at radius 2 is 1.94 bits per heavy atom. The Bertz CT molecular complexity index is 1350. The summed E-state index contributed by atoms with van der Waals surface area (Å²) >= 11 is 0. The van der Waals surface area contributed by atoms with Crippen molar-refractivity contribution >= 4 is 17.7 Å². The van der Waals surface area contributed by atoms with Crippen molar-refractivity contribution in [3.8, 4) is 23.0 Å². The number of H-pyrrole nitrogens is 1. The molecule has 32 heavy (non-hydrogen) atoms. The van der Waals surface area contributed by atoms with Gasteiger partial charge in [0.25, 0.3) is 5.88 Å². The third-order valence-corrected chi connectivity index (χ3v) is 4.90. The van der Waals surface area contributed by atoms with Crippen molar-refractivity contribution in [2.24, 2.45) is 0 Å². The number of fused-ring (bicyclic) bond motifs is 1. The van der Waals surface area contributed by atoms with Gasteiger partial charge in [0.2, 0.25) is 5.82 Å². The fraction of sp³-hybridized carbons (Fsp3) is 0.0909. The van der Waals surface area contributed by atoms with Crippen LogP contribution in [-0.2, 0) is 6.42 Å². The summed E-state index contributed by atoms with van der Waals surface area (Å²) in [6.07, 6.45) is 4.53. The summed E-state index contributed by atoms with van der Waals surface area (Å²) in [6.45, 7) is 1.77. The van der Waals surface area contributed by atoms with Gasteiger partial charge in [0.15, 0.2) is 23.2 Å². The van der Waals surface area contributed by atoms with E-state index in [9.17, 15) is 13.2 Å². The largest absolute Gasteiger partial charge is 0.433 e. The van der Waals surface area contributed by atoms with Crippen molar-refractivity contribution in [1.29, 1.82) is 0 Å². The number of benzene rings is 1. The summed E-state index contributed by atoms with van der Waals surface area (Å²) in [5.41, 5.74) is 2.43. The van der Waals surface area contributed by atoms with Gasteiger partial charge in [-0.3, -0.25) is 10.1 Å². The number of aromatic nitrogens is 5. The van der Waals surface area contributed by atoms with Crippen molar-refractivity contribution in [1.82, 2.24) is 25.1 Å². The normalized spacial score (nSPS) is 12.4. The number of halogens is 3. The van der Waals surface area contributed by atoms with E-state index in [2.05, 4.69) is 30.5 Å². The summed E-state index contributed by atoms with van der Waals surface area (Å²) in [4.78, 5) is 11.8. The second kappa shape index (κ2) is 7.80. The fourth-order valence-electron chi connectivity index (χ4n) is 3.42. The van der Waals surface area contributed by atoms with Crippen molar-refractivity contribution < 1.29 is 17.9 Å². The smallest absolute Gasteiger partial charge is 0.261 e. The van der Waals surface area contributed by atoms with Crippen LogP contribution in [0.25, 0.3) is 17.5 Å². The maximum absolute atomic E-state index is 15.0. The molecule has 5 rings (SSSR count). The highest BCUT2D eigenvalue weighted by molar-refractivity contribution is 5.66. The average molecular weight is 436 g/mol. The predicted octanol–water partition coefficient (Wildman–Crippen LogP) is 5.17. The first kappa shape index (κ1) is 19.7. The van der Waals surface area contributed by atoms with Gasteiger partial charge in [-0.2, -0.15) is 14.5 Å². The van der Waals surface area contributed by atoms with E-state index in [-0.39, 0.29) is 22.8 Å². The first-order valence-electron chi connectivity index (χ1n) is 9.60. The van der Waals surface area contributed by atoms with Crippen LogP contribution >= 0.6 is 0 Å². The topological polar surface area (TPSA) is 88.6 Å². The minimum Gasteiger partial charge on any atom is -0.433 e. The molecule has 4 aromatic rings. The number of pyridine rings is 1. The zero-order valence-electron chi connectivity index (χ0n) is 16.7. The van der Waals surface area contributed by atoms with Crippen LogP contribution in [0.5, 0.6) is 11.6 Å². The number of anilines is 2. The highest BCUT2D eigenvalue weighted by atomic mass is 19.1. The number of nitrogens with one attached hydrogen (secondary N) is 2. The lowest BCUT2D eigenvalue weighted by Crippen LogP contribution is -2.03. The third kappa shape index (κ3) is 3.55. The molecule has 0 aliphatic heterocycles. The van der Waals surface area contributed by atoms with E-state index in [0.717, 1.165) is 18.0 Å². The third-order valence-electron chi connectivity index (χ3n) is 4.90. The molecule has 0 amide bonds. The van der Waals surface area contributed by atoms with Gasteiger partial charge in [0.05, 0.1) is 11.4 Å². The highest BCUT2D eigenvalue weighted by Gasteiger charge is 2.24. The first-order valence-corrected chi connectivity index (χ1v) is 9.60. The van der Waals surface area contributed by atoms with E-state index >= 15 is 0 Å². The summed E-state index contributed by atoms with van der Waals surface area (Å²) < 4.78 is 49.4. The van der Waals surface area contributed by atoms with Gasteiger partial charge < -0.3 is 10.1 Å². The Labute approximate surface area is 180 Å². The standard InChI is InChI=1S/C22H15F3N6O/c1-11-6-12-13(7-11)19(24)17(8-14(12)23)32-22-20(25)21(27-10-28-22)29-18-9-16(30-31-18)15-4-2-3-5-26-15/h2-5,7-10H,6H2,1H3,(H2,27,28,29,30,31). The molecule has 7 nitrogen and oxygen atoms in total. The lowest BCUT2D eigenvalue weighted by Gasteiger charge is -2.11. The first-order chi connectivity index (χ1) is 15.5. The minimum atomic E-state index is -0.984. The van der Waals surface area contributed by atoms with Crippen LogP contribution in [0.15, 0.2) is 48.4 Å². The maximum atomic E-state index is 15.0. The molecular formula is C22H15F3N6O. The quantitative estimate of drug-likeness (QED) is 0.449. The average Bonchev–Trinajstić information content (AvgIpc) is 3.42. The number of allylic oxidation sites excluding steroid dienone is 1. The molecule has 0 saturated carbocycles. The lowest BCUT2D eigenvalue weighted by atomic mass is 10.1. The molecule has 3 aromatic heterocycles. The lowest BCUT2D eigenvalue weighted by molar-refractivity contribution is 0.393. The van der Waals surface area contributed by atoms with Gasteiger partial charge in [0.1, 0.15) is 12.1 Å². The molecule has 10 heteroatoms. The van der Waals surface area contributed by atoms with E-state index in [1.54, 1.807) is 37.4 Å². The highest BCUT2D eigenvalue weighted by Crippen LogP contribution is 2.37. The number of ether oxygens (including phenoxy) is 1. The molecule has 0 radical (unpaired) electrons. The van der Waals surface area contributed by atoms with E-state index in [0.29, 0.717) is 17.8 Å². The minimum absolute atomic E-state index is 0.101. The molecule has 0 saturated heterocycles. The van der Waals surface area contributed by atoms with Gasteiger partial charge in [-0.25, -0.2) is 13.8 Å². The zero-order chi connectivity index (χ0) is 22.2. The fourth-order valence-corrected chi connectivity index (χ4v) is 3.42. The molecular weight excluding hydrogens is 421 g/mol. The van der Waals surface area contributed by atoms with E-state index in [1.165, 1.54) is 0 Å². The number of rotatable bonds is 5. The maximum Gasteiger partial charge on any atom is 0.261 e. The number of aromatic amines is 1. The second-order valence-corrected chi connectivity index (χ2v) is 7.18. The van der Waals surface area contributed by atoms with Crippen LogP contribution in [-0.4, -0.2) is 25.1 Å². The Kier molecular flexibility index (Phi) is 4.81. The molecule has 160 valence electrons. The van der Waals surface area contributed by atoms with Crippen LogP contribution < -0.4 is 10.1 Å². The molecule has 0 fully saturated rings. The molecule has 0 atom stereocenters. The van der Waals surface area contributed by atoms with E-state index < -0.39 is 29.1 Å². The van der Waals surface area contributed by atoms with Crippen molar-refractivity contribution in [2.45, 2.75) is 13.3 Å². The molecule has 3 heterocycles. The van der Waals surface area contributed by atoms with Crippen molar-refractivity contribution in [3.05, 3.63) is 77.0 Å². The Balaban J connectivity index is 1.41. The van der Waals surface area contributed by atoms with Gasteiger partial charge in [-0.15, -0.1) is 0 Å². The molecule has 0 unspecified atom stereocenters. The Morgan fingerprint density at radius 3 is 2.75 bits per heavy atom. The van der Waals surface area contributed by atoms with E-state index in [1.807, 2.05) is 6.07 Å². The van der Waals surface area contributed by atoms with Crippen LogP contribution in [0.2, 0.25) is 0 Å². The second-order valence-electron chi connectivity index (χ2n) is 7.18. The monoisotopic (exact) mass is 436 g/mol. The number of hydrogen-bond acceptors (Lipinski definition) is 6. The number of hydrogen-bond donors (Lipinski definition) is 2. The summed E-state index contributed by atoms with van der Waals surface area (Å²) in [6, 6.07) is 7.90. The van der Waals surface area contributed by atoms with Gasteiger partial charge in [0, 0.05) is 29.5 Å². The SMILES string of the molecule is CC1=Cc2c(F)c(Oc3ncnc(Nc4cc(-c5ccccn5)[nH]n4)c3F)cc(F)c2C1. The van der Waals surface area contributed by atoms with Crippen molar-refractivity contribution in [3.63, 3.8) is 0 Å². The summed E-state index contributed by atoms with van der Waals surface area (Å²) in [7, 11) is 0. The molecule has 0 spiro atoms. The number of nitrogens with zero attached hydrogens (tertiary/aromatic N) is 4. The van der Waals surface area contributed by atoms with Crippen LogP contribution in [0, 0.1) is 17.5 Å². The molecule has 0 bridgehead atoms. The molecule has 1 aliphatic rings. The summed E-state index contributed by atoms with van der Waals surface area (Å²) in [5, 5.41) is 9.55. The van der Waals surface area contributed by atoms with Gasteiger partial charge in [-0.1, -0.05) is 17.7 Å². The predicted molar refractivity (Wildman–Crippen MR) is 111 cm³/mol. The van der Waals surface area contributed by atoms with Gasteiger partial charge in [-0.05, 0) is 25.5 Å². The summed E-state index contributed by atoms with van der Waals surface area (Å²) in [5.74, 6) is -3.39. The van der Waals surface area contributed by atoms with Crippen LogP contribution in [0.3, 0.4) is 0 Å². The molecule has 1 aromatic carbocycles. The van der Waals surface area contributed by atoms with Crippen LogP contribution in [0.4, 0.5) is 24.8 Å². The van der Waals surface area contributed by atoms with Crippen LogP contribution in [0.1, 0.15) is 18.1 Å².